The monoisotopic (exact) mass is 259 g/mol. The second kappa shape index (κ2) is 4.28. The highest BCUT2D eigenvalue weighted by Crippen LogP contribution is 2.32. The van der Waals surface area contributed by atoms with Crippen LogP contribution in [0.4, 0.5) is 8.78 Å². The summed E-state index contributed by atoms with van der Waals surface area (Å²) in [5, 5.41) is 0.516. The van der Waals surface area contributed by atoms with Crippen LogP contribution in [-0.4, -0.2) is 11.3 Å². The fourth-order valence-corrected chi connectivity index (χ4v) is 1.97. The molecule has 5 heteroatoms. The van der Waals surface area contributed by atoms with Crippen LogP contribution < -0.4 is 0 Å². The van der Waals surface area contributed by atoms with Crippen molar-refractivity contribution in [2.75, 3.05) is 0 Å². The van der Waals surface area contributed by atoms with Crippen LogP contribution in [0.1, 0.15) is 10.6 Å². The molecule has 0 radical (unpaired) electrons. The minimum Gasteiger partial charge on any atom is -0.452 e. The lowest BCUT2D eigenvalue weighted by Crippen LogP contribution is -1.90. The van der Waals surface area contributed by atoms with Gasteiger partial charge in [-0.3, -0.25) is 9.78 Å². The van der Waals surface area contributed by atoms with Gasteiger partial charge in [-0.15, -0.1) is 0 Å². The van der Waals surface area contributed by atoms with Gasteiger partial charge in [-0.05, 0) is 18.2 Å². The summed E-state index contributed by atoms with van der Waals surface area (Å²) in [5.41, 5.74) is 0.203. The summed E-state index contributed by atoms with van der Waals surface area (Å²) in [4.78, 5) is 14.6. The van der Waals surface area contributed by atoms with Gasteiger partial charge in [0, 0.05) is 23.3 Å². The van der Waals surface area contributed by atoms with Gasteiger partial charge in [0.2, 0.25) is 0 Å². The molecule has 0 fully saturated rings. The molecular weight excluding hydrogens is 252 g/mol. The molecule has 0 amide bonds. The van der Waals surface area contributed by atoms with Gasteiger partial charge in [0.1, 0.15) is 17.2 Å². The Kier molecular flexibility index (Phi) is 2.59. The highest BCUT2D eigenvalue weighted by Gasteiger charge is 2.17. The summed E-state index contributed by atoms with van der Waals surface area (Å²) in [6.45, 7) is 0. The van der Waals surface area contributed by atoms with E-state index in [1.807, 2.05) is 0 Å². The number of benzene rings is 1. The molecule has 0 saturated carbocycles. The molecular formula is C14H7F2NO2. The number of hydrogen-bond acceptors (Lipinski definition) is 3. The topological polar surface area (TPSA) is 43.1 Å². The minimum absolute atomic E-state index is 0.0843. The Balaban J connectivity index is 2.36. The summed E-state index contributed by atoms with van der Waals surface area (Å²) in [6.07, 6.45) is 3.30. The number of pyridine rings is 1. The zero-order chi connectivity index (χ0) is 13.4. The Hall–Kier alpha value is -2.56. The Morgan fingerprint density at radius 2 is 1.89 bits per heavy atom. The van der Waals surface area contributed by atoms with E-state index in [0.29, 0.717) is 11.7 Å². The van der Waals surface area contributed by atoms with Gasteiger partial charge in [-0.2, -0.15) is 0 Å². The normalized spacial score (nSPS) is 10.8. The minimum atomic E-state index is -0.710. The zero-order valence-electron chi connectivity index (χ0n) is 9.56. The van der Waals surface area contributed by atoms with Crippen molar-refractivity contribution in [3.05, 3.63) is 54.1 Å². The van der Waals surface area contributed by atoms with E-state index in [1.54, 1.807) is 0 Å². The molecule has 0 saturated heterocycles. The third-order valence-electron chi connectivity index (χ3n) is 2.79. The summed E-state index contributed by atoms with van der Waals surface area (Å²) in [7, 11) is 0. The summed E-state index contributed by atoms with van der Waals surface area (Å²) >= 11 is 0. The number of furan rings is 1. The van der Waals surface area contributed by atoms with Crippen molar-refractivity contribution in [2.45, 2.75) is 0 Å². The number of halogens is 2. The molecule has 3 nitrogen and oxygen atoms in total. The Labute approximate surface area is 106 Å². The Bertz CT molecular complexity index is 760. The maximum atomic E-state index is 13.8. The molecule has 0 atom stereocenters. The van der Waals surface area contributed by atoms with Crippen LogP contribution in [0.15, 0.2) is 41.1 Å². The number of nitrogens with zero attached hydrogens (tertiary/aromatic N) is 1. The van der Waals surface area contributed by atoms with Crippen LogP contribution in [-0.2, 0) is 0 Å². The first-order valence-electron chi connectivity index (χ1n) is 5.48. The first-order chi connectivity index (χ1) is 9.20. The van der Waals surface area contributed by atoms with Gasteiger partial charge in [0.15, 0.2) is 12.0 Å². The van der Waals surface area contributed by atoms with Gasteiger partial charge in [0.25, 0.3) is 0 Å². The van der Waals surface area contributed by atoms with E-state index in [1.165, 1.54) is 24.5 Å². The predicted octanol–water partition coefficient (Wildman–Crippen LogP) is 3.59. The van der Waals surface area contributed by atoms with E-state index in [9.17, 15) is 13.6 Å². The fourth-order valence-electron chi connectivity index (χ4n) is 1.97. The largest absolute Gasteiger partial charge is 0.452 e. The SMILES string of the molecule is O=Cc1cc2cncc(-c3c(F)cccc3F)c2o1. The number of aldehydes is 1. The summed E-state index contributed by atoms with van der Waals surface area (Å²) in [5.74, 6) is -1.34. The van der Waals surface area contributed by atoms with Crippen molar-refractivity contribution in [3.8, 4) is 11.1 Å². The standard InChI is InChI=1S/C14H7F2NO2/c15-11-2-1-3-12(16)13(11)10-6-17-5-8-4-9(7-18)19-14(8)10/h1-7H. The number of aromatic nitrogens is 1. The van der Waals surface area contributed by atoms with Crippen LogP contribution in [0.3, 0.4) is 0 Å². The van der Waals surface area contributed by atoms with Crippen LogP contribution in [0.2, 0.25) is 0 Å². The van der Waals surface area contributed by atoms with Crippen molar-refractivity contribution in [1.29, 1.82) is 0 Å². The summed E-state index contributed by atoms with van der Waals surface area (Å²) in [6, 6.07) is 5.06. The predicted molar refractivity (Wildman–Crippen MR) is 64.7 cm³/mol. The van der Waals surface area contributed by atoms with Crippen molar-refractivity contribution < 1.29 is 18.0 Å². The second-order valence-corrected chi connectivity index (χ2v) is 3.97. The number of carbonyl (C=O) groups is 1. The van der Waals surface area contributed by atoms with Crippen LogP contribution in [0.5, 0.6) is 0 Å². The van der Waals surface area contributed by atoms with Crippen molar-refractivity contribution in [3.63, 3.8) is 0 Å². The average molecular weight is 259 g/mol. The molecule has 3 aromatic rings. The molecule has 94 valence electrons. The molecule has 1 aromatic carbocycles. The fraction of sp³-hybridized carbons (Fsp3) is 0. The molecule has 0 aliphatic heterocycles. The molecule has 0 aliphatic rings. The van der Waals surface area contributed by atoms with E-state index in [4.69, 9.17) is 4.42 Å². The number of hydrogen-bond donors (Lipinski definition) is 0. The Morgan fingerprint density at radius 1 is 1.16 bits per heavy atom. The molecule has 0 bridgehead atoms. The maximum Gasteiger partial charge on any atom is 0.185 e. The quantitative estimate of drug-likeness (QED) is 0.660. The van der Waals surface area contributed by atoms with Crippen molar-refractivity contribution in [2.24, 2.45) is 0 Å². The molecule has 0 aliphatic carbocycles. The highest BCUT2D eigenvalue weighted by atomic mass is 19.1. The maximum absolute atomic E-state index is 13.8. The van der Waals surface area contributed by atoms with Gasteiger partial charge in [0.05, 0.1) is 5.56 Å². The van der Waals surface area contributed by atoms with Crippen LogP contribution in [0.25, 0.3) is 22.1 Å². The van der Waals surface area contributed by atoms with E-state index in [0.717, 1.165) is 12.1 Å². The third kappa shape index (κ3) is 1.79. The Morgan fingerprint density at radius 3 is 2.58 bits per heavy atom. The zero-order valence-corrected chi connectivity index (χ0v) is 9.56. The van der Waals surface area contributed by atoms with Gasteiger partial charge in [-0.1, -0.05) is 6.07 Å². The van der Waals surface area contributed by atoms with Crippen molar-refractivity contribution >= 4 is 17.3 Å². The lowest BCUT2D eigenvalue weighted by Gasteiger charge is -2.04. The number of carbonyl (C=O) groups excluding carboxylic acids is 1. The van der Waals surface area contributed by atoms with E-state index in [-0.39, 0.29) is 22.5 Å². The number of fused-ring (bicyclic) bond motifs is 1. The number of rotatable bonds is 2. The first kappa shape index (κ1) is 11.5. The molecule has 2 aromatic heterocycles. The molecule has 19 heavy (non-hydrogen) atoms. The first-order valence-corrected chi connectivity index (χ1v) is 5.48. The van der Waals surface area contributed by atoms with Gasteiger partial charge < -0.3 is 4.42 Å². The van der Waals surface area contributed by atoms with Crippen LogP contribution >= 0.6 is 0 Å². The molecule has 3 rings (SSSR count). The molecule has 0 spiro atoms. The molecule has 0 unspecified atom stereocenters. The smallest absolute Gasteiger partial charge is 0.185 e. The molecule has 2 heterocycles. The van der Waals surface area contributed by atoms with Crippen LogP contribution in [0, 0.1) is 11.6 Å². The average Bonchev–Trinajstić information content (AvgIpc) is 2.82. The van der Waals surface area contributed by atoms with Gasteiger partial charge in [-0.25, -0.2) is 8.78 Å². The van der Waals surface area contributed by atoms with E-state index < -0.39 is 11.6 Å². The lowest BCUT2D eigenvalue weighted by molar-refractivity contribution is 0.110. The van der Waals surface area contributed by atoms with E-state index >= 15 is 0 Å². The second-order valence-electron chi connectivity index (χ2n) is 3.97. The van der Waals surface area contributed by atoms with E-state index in [2.05, 4.69) is 4.98 Å². The van der Waals surface area contributed by atoms with Gasteiger partial charge >= 0.3 is 0 Å². The molecule has 0 N–H and O–H groups in total. The summed E-state index contributed by atoms with van der Waals surface area (Å²) < 4.78 is 32.8. The van der Waals surface area contributed by atoms with Crippen molar-refractivity contribution in [1.82, 2.24) is 4.98 Å². The highest BCUT2D eigenvalue weighted by molar-refractivity contribution is 5.94. The lowest BCUT2D eigenvalue weighted by atomic mass is 10.1. The third-order valence-corrected chi connectivity index (χ3v) is 2.79.